The van der Waals surface area contributed by atoms with Gasteiger partial charge in [0.2, 0.25) is 0 Å². The molecular weight excluding hydrogens is 1230 g/mol. The number of carboxylic acids is 2. The highest BCUT2D eigenvalue weighted by Gasteiger charge is 2.38. The quantitative estimate of drug-likeness (QED) is 0.00578. The molecule has 6 aromatic carbocycles. The predicted octanol–water partition coefficient (Wildman–Crippen LogP) is 11.0. The molecule has 2 heterocycles. The lowest BCUT2D eigenvalue weighted by Crippen LogP contribution is -2.21. The number of aliphatic carboxylic acids is 1. The van der Waals surface area contributed by atoms with Crippen molar-refractivity contribution in [1.82, 2.24) is 0 Å². The molecule has 0 radical (unpaired) electrons. The molecule has 1 atom stereocenters. The zero-order chi connectivity index (χ0) is 65.0. The van der Waals surface area contributed by atoms with Gasteiger partial charge in [0.15, 0.2) is 17.1 Å². The molecule has 0 bridgehead atoms. The summed E-state index contributed by atoms with van der Waals surface area (Å²) in [5.74, 6) is -3.59. The van der Waals surface area contributed by atoms with Crippen LogP contribution in [0.5, 0.6) is 17.2 Å². The van der Waals surface area contributed by atoms with Crippen molar-refractivity contribution >= 4 is 110 Å². The third-order valence-corrected chi connectivity index (χ3v) is 12.6. The number of para-hydroxylation sites is 1. The maximum atomic E-state index is 12.8. The van der Waals surface area contributed by atoms with Crippen LogP contribution in [0.1, 0.15) is 17.3 Å². The largest absolute Gasteiger partial charge is 0.508 e. The number of aromatic hydroxyl groups is 2. The second-order valence-electron chi connectivity index (χ2n) is 16.2. The summed E-state index contributed by atoms with van der Waals surface area (Å²) in [5.41, 5.74) is 0.227. The van der Waals surface area contributed by atoms with Crippen molar-refractivity contribution in [2.24, 2.45) is 0 Å². The first-order valence-corrected chi connectivity index (χ1v) is 28.3. The number of rotatable bonds is 19. The van der Waals surface area contributed by atoms with Crippen LogP contribution >= 0.6 is 35.3 Å². The zero-order valence-corrected chi connectivity index (χ0v) is 49.3. The number of ether oxygens (including phenoxy) is 7. The molecule has 466 valence electrons. The molecule has 0 spiro atoms. The van der Waals surface area contributed by atoms with Gasteiger partial charge in [-0.1, -0.05) is 74.3 Å². The molecule has 28 heteroatoms. The van der Waals surface area contributed by atoms with Gasteiger partial charge in [0, 0.05) is 57.4 Å². The van der Waals surface area contributed by atoms with Crippen LogP contribution in [0.3, 0.4) is 0 Å². The van der Waals surface area contributed by atoms with Crippen LogP contribution in [0.15, 0.2) is 192 Å². The van der Waals surface area contributed by atoms with Crippen LogP contribution < -0.4 is 15.6 Å². The minimum atomic E-state index is -5.08. The van der Waals surface area contributed by atoms with Crippen molar-refractivity contribution in [2.75, 3.05) is 52.9 Å². The number of fused-ring (bicyclic) bond motifs is 4. The monoisotopic (exact) mass is 1290 g/mol. The van der Waals surface area contributed by atoms with Gasteiger partial charge < -0.3 is 53.6 Å². The van der Waals surface area contributed by atoms with Crippen molar-refractivity contribution in [2.45, 2.75) is 24.3 Å². The van der Waals surface area contributed by atoms with Crippen LogP contribution in [-0.4, -0.2) is 127 Å². The van der Waals surface area contributed by atoms with Crippen LogP contribution in [-0.2, 0) is 53.2 Å². The number of alkyl halides is 3. The number of esters is 2. The molecule has 8 aromatic rings. The summed E-state index contributed by atoms with van der Waals surface area (Å²) in [4.78, 5) is 66.0. The average molecular weight is 1290 g/mol. The van der Waals surface area contributed by atoms with E-state index in [0.29, 0.717) is 71.0 Å². The Balaban J connectivity index is 0.000000379. The number of hydrogen-bond acceptors (Lipinski definition) is 20. The first kappa shape index (κ1) is 74.4. The van der Waals surface area contributed by atoms with E-state index in [1.807, 2.05) is 66.7 Å². The third-order valence-electron chi connectivity index (χ3n) is 9.86. The smallest absolute Gasteiger partial charge is 0.490 e. The van der Waals surface area contributed by atoms with Gasteiger partial charge in [-0.15, -0.1) is 35.3 Å². The average Bonchev–Trinajstić information content (AvgIpc) is 1.08. The van der Waals surface area contributed by atoms with E-state index in [-0.39, 0.29) is 42.0 Å². The number of hydrogen-bond donors (Lipinski definition) is 7. The van der Waals surface area contributed by atoms with E-state index >= 15 is 0 Å². The standard InChI is InChI=1S/C22H22O6S.C13H8O2S.C9H14O4.C7H6O2S.C6H6O.C2HF3O2.H2O4S/c1-3-21(23)27-13-11-25-10-12-26-15(2)28-16-8-9-20-18(14-16)22(24)17-6-4-5-7-19(17)29-20;14-8-5-6-12-10(7-8)13(15)9-3-1-2-4-11(9)16-12;1-3-9(10)13-8-7-12-6-5-11-4-2;8-7(9)5-3-1-2-4-6(5)10;7-6-4-2-1-3-5-6;3-2(4,5)1(6)7;1-5(2,3)4/h3-9,14-15H,1,10-13H2,2H3;1-7,14H;3-4H,1-2,5-8H2;1-4,10H,(H,8,9);1-5,7H;(H,6,7);(H2,1,2,3,4). The van der Waals surface area contributed by atoms with Crippen molar-refractivity contribution in [1.29, 1.82) is 0 Å². The van der Waals surface area contributed by atoms with Crippen LogP contribution in [0.25, 0.3) is 40.3 Å². The van der Waals surface area contributed by atoms with Gasteiger partial charge in [-0.25, -0.2) is 19.2 Å². The van der Waals surface area contributed by atoms with Gasteiger partial charge in [0.05, 0.1) is 44.9 Å². The highest BCUT2D eigenvalue weighted by atomic mass is 32.3. The summed E-state index contributed by atoms with van der Waals surface area (Å²) in [5, 5.41) is 36.3. The van der Waals surface area contributed by atoms with Crippen LogP contribution in [0.4, 0.5) is 13.2 Å². The molecule has 0 aliphatic heterocycles. The summed E-state index contributed by atoms with van der Waals surface area (Å²) < 4.78 is 103. The number of halogens is 3. The van der Waals surface area contributed by atoms with E-state index in [0.717, 1.165) is 31.0 Å². The van der Waals surface area contributed by atoms with Crippen molar-refractivity contribution in [3.8, 4) is 17.2 Å². The fraction of sp³-hybridized carbons (Fsp3) is 0.186. The van der Waals surface area contributed by atoms with Crippen LogP contribution in [0, 0.1) is 0 Å². The molecule has 0 amide bonds. The summed E-state index contributed by atoms with van der Waals surface area (Å²) in [6, 6.07) is 40.8. The number of benzene rings is 6. The number of phenolic OH excluding ortho intramolecular Hbond substituents is 2. The Morgan fingerprint density at radius 1 is 0.586 bits per heavy atom. The fourth-order valence-corrected chi connectivity index (χ4v) is 8.50. The molecule has 0 saturated heterocycles. The predicted molar refractivity (Wildman–Crippen MR) is 326 cm³/mol. The maximum Gasteiger partial charge on any atom is 0.490 e. The number of carboxylic acid groups (broad SMARTS) is 2. The van der Waals surface area contributed by atoms with E-state index in [4.69, 9.17) is 66.1 Å². The summed E-state index contributed by atoms with van der Waals surface area (Å²) in [6.45, 7) is 14.3. The zero-order valence-electron chi connectivity index (χ0n) is 46.0. The van der Waals surface area contributed by atoms with E-state index in [2.05, 4.69) is 37.1 Å². The lowest BCUT2D eigenvalue weighted by molar-refractivity contribution is -0.192. The number of thiol groups is 1. The molecule has 0 fully saturated rings. The molecule has 1 unspecified atom stereocenters. The van der Waals surface area contributed by atoms with Gasteiger partial charge in [-0.2, -0.15) is 21.6 Å². The Labute approximate surface area is 508 Å². The molecule has 21 nitrogen and oxygen atoms in total. The number of carbonyl (C=O) groups excluding carboxylic acids is 2. The number of carbonyl (C=O) groups is 4. The topological polar surface area (TPSA) is 323 Å². The Bertz CT molecular complexity index is 3740. The second kappa shape index (κ2) is 39.8. The Morgan fingerprint density at radius 2 is 1.01 bits per heavy atom. The Hall–Kier alpha value is -8.71. The summed E-state index contributed by atoms with van der Waals surface area (Å²) in [6.07, 6.45) is -2.02. The van der Waals surface area contributed by atoms with Crippen molar-refractivity contribution in [3.05, 3.63) is 204 Å². The minimum Gasteiger partial charge on any atom is -0.508 e. The van der Waals surface area contributed by atoms with Gasteiger partial charge in [0.25, 0.3) is 0 Å². The molecule has 0 saturated carbocycles. The summed E-state index contributed by atoms with van der Waals surface area (Å²) in [7, 11) is -4.67. The number of aromatic carboxylic acids is 1. The third kappa shape index (κ3) is 30.8. The van der Waals surface area contributed by atoms with Gasteiger partial charge in [0.1, 0.15) is 37.1 Å². The maximum absolute atomic E-state index is 12.8. The van der Waals surface area contributed by atoms with Crippen LogP contribution in [0.2, 0.25) is 0 Å². The minimum absolute atomic E-state index is 0.000994. The second-order valence-corrected chi connectivity index (χ2v) is 19.7. The van der Waals surface area contributed by atoms with E-state index in [9.17, 15) is 42.3 Å². The lowest BCUT2D eigenvalue weighted by Gasteiger charge is -2.16. The first-order valence-electron chi connectivity index (χ1n) is 24.8. The highest BCUT2D eigenvalue weighted by Crippen LogP contribution is 2.29. The fourth-order valence-electron chi connectivity index (χ4n) is 6.14. The lowest BCUT2D eigenvalue weighted by atomic mass is 10.2. The molecule has 2 aromatic heterocycles. The molecule has 0 aliphatic carbocycles. The van der Waals surface area contributed by atoms with Gasteiger partial charge in [-0.3, -0.25) is 18.7 Å². The van der Waals surface area contributed by atoms with E-state index in [1.54, 1.807) is 90.3 Å². The van der Waals surface area contributed by atoms with Crippen molar-refractivity contribution in [3.63, 3.8) is 0 Å². The van der Waals surface area contributed by atoms with E-state index in [1.165, 1.54) is 18.4 Å². The summed E-state index contributed by atoms with van der Waals surface area (Å²) >= 11 is 7.10. The Morgan fingerprint density at radius 3 is 1.45 bits per heavy atom. The SMILES string of the molecule is C=CC(=O)OCCOCCOC(C)Oc1ccc2sc3ccccc3c(=O)c2c1.C=COCCOCCOC(=O)C=C.O=C(O)C(F)(F)F.O=C(O)c1ccccc1S.O=S(=O)(O)O.O=c1c2ccccc2sc2ccc(O)cc12.Oc1ccccc1. The number of phenols is 2. The Kier molecular flexibility index (Phi) is 34.0. The molecule has 8 rings (SSSR count). The normalized spacial score (nSPS) is 10.7. The van der Waals surface area contributed by atoms with Gasteiger partial charge >= 0.3 is 40.5 Å². The van der Waals surface area contributed by atoms with Crippen molar-refractivity contribution < 1.29 is 103 Å². The van der Waals surface area contributed by atoms with E-state index < -0.39 is 46.7 Å². The highest BCUT2D eigenvalue weighted by molar-refractivity contribution is 7.80. The molecule has 0 aliphatic rings. The molecular formula is C59H59F3O21S4. The van der Waals surface area contributed by atoms with Gasteiger partial charge in [-0.05, 0) is 91.9 Å². The first-order chi connectivity index (χ1) is 41.2. The molecule has 6 N–H and O–H groups in total. The molecule has 87 heavy (non-hydrogen) atoms.